The molecule has 1 unspecified atom stereocenters. The summed E-state index contributed by atoms with van der Waals surface area (Å²) < 4.78 is 20.8. The summed E-state index contributed by atoms with van der Waals surface area (Å²) >= 11 is 0. The molecule has 1 heterocycles. The van der Waals surface area contributed by atoms with Crippen LogP contribution in [0.3, 0.4) is 0 Å². The number of aliphatic hydroxyl groups is 1. The Bertz CT molecular complexity index is 373. The zero-order valence-corrected chi connectivity index (χ0v) is 9.83. The first kappa shape index (κ1) is 12.5. The molecule has 17 heavy (non-hydrogen) atoms. The van der Waals surface area contributed by atoms with Crippen molar-refractivity contribution in [3.8, 4) is 0 Å². The molecule has 5 nitrogen and oxygen atoms in total. The molecule has 1 aliphatic heterocycles. The molecule has 0 aliphatic carbocycles. The van der Waals surface area contributed by atoms with Gasteiger partial charge in [-0.15, -0.1) is 0 Å². The predicted molar refractivity (Wildman–Crippen MR) is 61.5 cm³/mol. The molecule has 0 saturated heterocycles. The van der Waals surface area contributed by atoms with Crippen molar-refractivity contribution in [2.75, 3.05) is 14.2 Å². The molecule has 0 bridgehead atoms. The maximum absolute atomic E-state index is 9.50. The van der Waals surface area contributed by atoms with E-state index in [2.05, 4.69) is 0 Å². The Labute approximate surface area is 100 Å². The summed E-state index contributed by atoms with van der Waals surface area (Å²) in [5, 5.41) is 9.50. The first-order valence-corrected chi connectivity index (χ1v) is 5.34. The number of rotatable bonds is 5. The van der Waals surface area contributed by atoms with Gasteiger partial charge in [0.25, 0.3) is 0 Å². The molecule has 92 valence electrons. The smallest absolute Gasteiger partial charge is 0.403 e. The average Bonchev–Trinajstić information content (AvgIpc) is 2.78. The second-order valence-corrected chi connectivity index (χ2v) is 3.71. The van der Waals surface area contributed by atoms with Crippen molar-refractivity contribution in [1.82, 2.24) is 0 Å². The van der Waals surface area contributed by atoms with Gasteiger partial charge in [-0.2, -0.15) is 0 Å². The molecule has 1 aliphatic rings. The minimum atomic E-state index is -1.14. The van der Waals surface area contributed by atoms with Crippen LogP contribution in [0.1, 0.15) is 5.56 Å². The Hall–Kier alpha value is -0.915. The quantitative estimate of drug-likeness (QED) is 0.571. The van der Waals surface area contributed by atoms with Gasteiger partial charge in [0, 0.05) is 14.2 Å². The fourth-order valence-corrected chi connectivity index (χ4v) is 1.74. The van der Waals surface area contributed by atoms with E-state index in [-0.39, 0.29) is 0 Å². The molecule has 0 saturated carbocycles. The van der Waals surface area contributed by atoms with Crippen LogP contribution < -0.4 is 5.46 Å². The van der Waals surface area contributed by atoms with Gasteiger partial charge in [-0.05, 0) is 11.0 Å². The van der Waals surface area contributed by atoms with Crippen molar-refractivity contribution in [1.29, 1.82) is 0 Å². The van der Waals surface area contributed by atoms with Gasteiger partial charge in [0.15, 0.2) is 6.29 Å². The van der Waals surface area contributed by atoms with Crippen LogP contribution in [0.4, 0.5) is 0 Å². The molecule has 0 fully saturated rings. The third-order valence-electron chi connectivity index (χ3n) is 2.66. The van der Waals surface area contributed by atoms with Crippen molar-refractivity contribution in [2.24, 2.45) is 0 Å². The molecule has 2 rings (SSSR count). The number of aliphatic hydroxyl groups excluding tert-OH is 1. The van der Waals surface area contributed by atoms with E-state index in [9.17, 15) is 5.11 Å². The largest absolute Gasteiger partial charge is 0.496 e. The summed E-state index contributed by atoms with van der Waals surface area (Å²) in [6.07, 6.45) is -2.02. The predicted octanol–water partition coefficient (Wildman–Crippen LogP) is -0.134. The fourth-order valence-electron chi connectivity index (χ4n) is 1.74. The van der Waals surface area contributed by atoms with E-state index in [1.54, 1.807) is 0 Å². The maximum Gasteiger partial charge on any atom is 0.496 e. The lowest BCUT2D eigenvalue weighted by atomic mass is 9.79. The third-order valence-corrected chi connectivity index (χ3v) is 2.66. The van der Waals surface area contributed by atoms with E-state index >= 15 is 0 Å². The van der Waals surface area contributed by atoms with Gasteiger partial charge in [0.1, 0.15) is 0 Å². The summed E-state index contributed by atoms with van der Waals surface area (Å²) in [7, 11) is 2.29. The van der Waals surface area contributed by atoms with E-state index in [4.69, 9.17) is 18.8 Å². The van der Waals surface area contributed by atoms with Crippen LogP contribution in [-0.4, -0.2) is 39.0 Å². The minimum absolute atomic E-state index is 0.500. The van der Waals surface area contributed by atoms with Gasteiger partial charge in [-0.3, -0.25) is 0 Å². The lowest BCUT2D eigenvalue weighted by molar-refractivity contribution is -0.225. The molecule has 0 spiro atoms. The Morgan fingerprint density at radius 2 is 2.06 bits per heavy atom. The molecule has 0 aromatic heterocycles. The Morgan fingerprint density at radius 1 is 1.29 bits per heavy atom. The lowest BCUT2D eigenvalue weighted by Gasteiger charge is -2.22. The van der Waals surface area contributed by atoms with Crippen molar-refractivity contribution < 1.29 is 23.9 Å². The first-order chi connectivity index (χ1) is 8.26. The maximum atomic E-state index is 9.50. The number of hydrogen-bond acceptors (Lipinski definition) is 5. The highest BCUT2D eigenvalue weighted by Crippen LogP contribution is 2.14. The van der Waals surface area contributed by atoms with Crippen molar-refractivity contribution in [3.05, 3.63) is 29.8 Å². The molecular weight excluding hydrogens is 223 g/mol. The Morgan fingerprint density at radius 3 is 2.76 bits per heavy atom. The highest BCUT2D eigenvalue weighted by atomic mass is 16.7. The molecule has 1 aromatic carbocycles. The van der Waals surface area contributed by atoms with Crippen molar-refractivity contribution in [2.45, 2.75) is 19.2 Å². The first-order valence-electron chi connectivity index (χ1n) is 5.34. The molecule has 0 amide bonds. The van der Waals surface area contributed by atoms with E-state index in [1.807, 2.05) is 24.3 Å². The van der Waals surface area contributed by atoms with Gasteiger partial charge in [0.2, 0.25) is 6.29 Å². The van der Waals surface area contributed by atoms with E-state index in [0.717, 1.165) is 11.0 Å². The Kier molecular flexibility index (Phi) is 4.14. The number of ether oxygens (including phenoxy) is 2. The van der Waals surface area contributed by atoms with Gasteiger partial charge < -0.3 is 23.9 Å². The van der Waals surface area contributed by atoms with E-state index in [1.165, 1.54) is 14.2 Å². The average molecular weight is 238 g/mol. The van der Waals surface area contributed by atoms with Crippen LogP contribution in [0.5, 0.6) is 0 Å². The molecule has 1 N–H and O–H groups in total. The summed E-state index contributed by atoms with van der Waals surface area (Å²) in [6, 6.07) is 7.77. The number of hydrogen-bond donors (Lipinski definition) is 1. The molecule has 6 heteroatoms. The fraction of sp³-hybridized carbons (Fsp3) is 0.455. The summed E-state index contributed by atoms with van der Waals surface area (Å²) in [5.74, 6) is 0. The Balaban J connectivity index is 2.05. The minimum Gasteiger partial charge on any atom is -0.403 e. The van der Waals surface area contributed by atoms with Crippen molar-refractivity contribution in [3.63, 3.8) is 0 Å². The van der Waals surface area contributed by atoms with Crippen LogP contribution in [0, 0.1) is 0 Å². The van der Waals surface area contributed by atoms with Gasteiger partial charge in [-0.25, -0.2) is 0 Å². The van der Waals surface area contributed by atoms with Gasteiger partial charge in [-0.1, -0.05) is 24.3 Å². The summed E-state index contributed by atoms with van der Waals surface area (Å²) in [6.45, 7) is 0.500. The highest BCUT2D eigenvalue weighted by molar-refractivity contribution is 6.62. The van der Waals surface area contributed by atoms with E-state index < -0.39 is 19.7 Å². The molecule has 2 atom stereocenters. The third kappa shape index (κ3) is 2.67. The SMILES string of the molecule is COC(O)[C@@H](OC)OB1OCc2ccccc21. The standard InChI is InChI=1S/C11H15BO5/c1-14-10(13)11(15-2)17-12-9-6-4-3-5-8(9)7-16-12/h3-6,10-11,13H,7H2,1-2H3/t10?,11-/m0/s1. The van der Waals surface area contributed by atoms with Gasteiger partial charge >= 0.3 is 7.12 Å². The number of benzene rings is 1. The van der Waals surface area contributed by atoms with Crippen molar-refractivity contribution >= 4 is 12.6 Å². The molecular formula is C11H15BO5. The summed E-state index contributed by atoms with van der Waals surface area (Å²) in [5.41, 5.74) is 2.04. The zero-order valence-electron chi connectivity index (χ0n) is 9.83. The van der Waals surface area contributed by atoms with Crippen LogP contribution in [-0.2, 0) is 25.4 Å². The van der Waals surface area contributed by atoms with Gasteiger partial charge in [0.05, 0.1) is 6.61 Å². The second-order valence-electron chi connectivity index (χ2n) is 3.71. The number of methoxy groups -OCH3 is 2. The normalized spacial score (nSPS) is 17.9. The lowest BCUT2D eigenvalue weighted by Crippen LogP contribution is -2.42. The van der Waals surface area contributed by atoms with Crippen LogP contribution in [0.15, 0.2) is 24.3 Å². The monoisotopic (exact) mass is 238 g/mol. The van der Waals surface area contributed by atoms with Crippen LogP contribution in [0.2, 0.25) is 0 Å². The molecule has 0 radical (unpaired) electrons. The zero-order chi connectivity index (χ0) is 12.3. The van der Waals surface area contributed by atoms with Crippen LogP contribution in [0.25, 0.3) is 0 Å². The van der Waals surface area contributed by atoms with E-state index in [0.29, 0.717) is 6.61 Å². The highest BCUT2D eigenvalue weighted by Gasteiger charge is 2.35. The summed E-state index contributed by atoms with van der Waals surface area (Å²) in [4.78, 5) is 0. The second kappa shape index (κ2) is 5.62. The number of fused-ring (bicyclic) bond motifs is 1. The van der Waals surface area contributed by atoms with Crippen LogP contribution >= 0.6 is 0 Å². The topological polar surface area (TPSA) is 57.2 Å². The molecule has 1 aromatic rings.